The Morgan fingerprint density at radius 1 is 1.25 bits per heavy atom. The molecule has 1 heteroatoms. The second-order valence-electron chi connectivity index (χ2n) is 4.31. The maximum absolute atomic E-state index is 4.28. The maximum Gasteiger partial charge on any atom is 0.0702 e. The van der Waals surface area contributed by atoms with Gasteiger partial charge in [0.2, 0.25) is 0 Å². The molecule has 2 aromatic rings. The smallest absolute Gasteiger partial charge is 0.0702 e. The molecule has 0 saturated heterocycles. The highest BCUT2D eigenvalue weighted by molar-refractivity contribution is 5.79. The minimum Gasteiger partial charge on any atom is -0.256 e. The molecule has 0 N–H and O–H groups in total. The molecule has 1 heterocycles. The lowest BCUT2D eigenvalue weighted by atomic mass is 10.1. The minimum atomic E-state index is 0.634. The number of fused-ring (bicyclic) bond motifs is 1. The zero-order valence-corrected chi connectivity index (χ0v) is 9.70. The second kappa shape index (κ2) is 4.81. The van der Waals surface area contributed by atoms with Crippen molar-refractivity contribution < 1.29 is 0 Å². The molecule has 0 bridgehead atoms. The summed E-state index contributed by atoms with van der Waals surface area (Å²) in [6.45, 7) is 4.36. The van der Waals surface area contributed by atoms with E-state index in [2.05, 4.69) is 42.8 Å². The van der Waals surface area contributed by atoms with Crippen molar-refractivity contribution in [1.29, 1.82) is 0 Å². The normalized spacial score (nSPS) is 10.2. The molecular weight excluding hydrogens is 194 g/mol. The van der Waals surface area contributed by atoms with Gasteiger partial charge >= 0.3 is 0 Å². The Morgan fingerprint density at radius 2 is 2.12 bits per heavy atom. The molecule has 0 saturated carbocycles. The summed E-state index contributed by atoms with van der Waals surface area (Å²) < 4.78 is 0. The molecule has 16 heavy (non-hydrogen) atoms. The van der Waals surface area contributed by atoms with E-state index in [4.69, 9.17) is 0 Å². The van der Waals surface area contributed by atoms with Crippen molar-refractivity contribution in [1.82, 2.24) is 4.98 Å². The van der Waals surface area contributed by atoms with Gasteiger partial charge in [0.25, 0.3) is 0 Å². The SMILES string of the molecule is CC(C)CC#Cc1ccc2ncccc2c1. The molecule has 0 aliphatic heterocycles. The van der Waals surface area contributed by atoms with E-state index in [0.717, 1.165) is 22.9 Å². The number of nitrogens with zero attached hydrogens (tertiary/aromatic N) is 1. The molecule has 0 fully saturated rings. The number of pyridine rings is 1. The van der Waals surface area contributed by atoms with Crippen LogP contribution in [0.1, 0.15) is 25.8 Å². The van der Waals surface area contributed by atoms with Crippen LogP contribution >= 0.6 is 0 Å². The van der Waals surface area contributed by atoms with E-state index in [1.54, 1.807) is 0 Å². The van der Waals surface area contributed by atoms with Crippen LogP contribution in [0.5, 0.6) is 0 Å². The summed E-state index contributed by atoms with van der Waals surface area (Å²) >= 11 is 0. The van der Waals surface area contributed by atoms with Crippen molar-refractivity contribution in [3.05, 3.63) is 42.1 Å². The third-order valence-corrected chi connectivity index (χ3v) is 2.35. The van der Waals surface area contributed by atoms with Crippen molar-refractivity contribution in [2.24, 2.45) is 5.92 Å². The number of hydrogen-bond donors (Lipinski definition) is 0. The fraction of sp³-hybridized carbons (Fsp3) is 0.267. The van der Waals surface area contributed by atoms with Gasteiger partial charge in [-0.2, -0.15) is 0 Å². The molecule has 0 aliphatic carbocycles. The summed E-state index contributed by atoms with van der Waals surface area (Å²) in [5.74, 6) is 7.02. The van der Waals surface area contributed by atoms with Crippen molar-refractivity contribution in [3.63, 3.8) is 0 Å². The first-order chi connectivity index (χ1) is 7.75. The van der Waals surface area contributed by atoms with Crippen LogP contribution < -0.4 is 0 Å². The molecular formula is C15H15N. The number of rotatable bonds is 1. The molecule has 0 spiro atoms. The topological polar surface area (TPSA) is 12.9 Å². The Bertz CT molecular complexity index is 544. The van der Waals surface area contributed by atoms with Gasteiger partial charge in [0.15, 0.2) is 0 Å². The maximum atomic E-state index is 4.28. The van der Waals surface area contributed by atoms with Crippen molar-refractivity contribution in [3.8, 4) is 11.8 Å². The Balaban J connectivity index is 2.28. The van der Waals surface area contributed by atoms with E-state index >= 15 is 0 Å². The quantitative estimate of drug-likeness (QED) is 0.653. The average molecular weight is 209 g/mol. The van der Waals surface area contributed by atoms with Gasteiger partial charge in [-0.3, -0.25) is 4.98 Å². The first-order valence-electron chi connectivity index (χ1n) is 5.59. The minimum absolute atomic E-state index is 0.634. The average Bonchev–Trinajstić information content (AvgIpc) is 2.28. The Morgan fingerprint density at radius 3 is 2.94 bits per heavy atom. The van der Waals surface area contributed by atoms with Gasteiger partial charge in [-0.15, -0.1) is 0 Å². The van der Waals surface area contributed by atoms with Gasteiger partial charge in [-0.25, -0.2) is 0 Å². The number of benzene rings is 1. The van der Waals surface area contributed by atoms with Crippen molar-refractivity contribution in [2.75, 3.05) is 0 Å². The van der Waals surface area contributed by atoms with E-state index < -0.39 is 0 Å². The predicted molar refractivity (Wildman–Crippen MR) is 68.1 cm³/mol. The van der Waals surface area contributed by atoms with E-state index in [1.807, 2.05) is 24.4 Å². The molecule has 1 aromatic carbocycles. The lowest BCUT2D eigenvalue weighted by Gasteiger charge is -1.97. The largest absolute Gasteiger partial charge is 0.256 e. The van der Waals surface area contributed by atoms with Gasteiger partial charge in [-0.05, 0) is 30.2 Å². The molecule has 1 nitrogen and oxygen atoms in total. The van der Waals surface area contributed by atoms with Crippen LogP contribution in [0.15, 0.2) is 36.5 Å². The molecule has 1 aromatic heterocycles. The summed E-state index contributed by atoms with van der Waals surface area (Å²) in [5.41, 5.74) is 2.10. The van der Waals surface area contributed by atoms with Crippen LogP contribution in [-0.4, -0.2) is 4.98 Å². The molecule has 0 aliphatic rings. The fourth-order valence-corrected chi connectivity index (χ4v) is 1.51. The van der Waals surface area contributed by atoms with Crippen LogP contribution in [0.25, 0.3) is 10.9 Å². The summed E-state index contributed by atoms with van der Waals surface area (Å²) in [4.78, 5) is 4.28. The van der Waals surface area contributed by atoms with Gasteiger partial charge in [0.1, 0.15) is 0 Å². The number of aromatic nitrogens is 1. The molecule has 0 radical (unpaired) electrons. The highest BCUT2D eigenvalue weighted by atomic mass is 14.6. The van der Waals surface area contributed by atoms with Crippen LogP contribution in [-0.2, 0) is 0 Å². The molecule has 2 rings (SSSR count). The van der Waals surface area contributed by atoms with Crippen LogP contribution in [0.4, 0.5) is 0 Å². The monoisotopic (exact) mass is 209 g/mol. The predicted octanol–water partition coefficient (Wildman–Crippen LogP) is 3.63. The standard InChI is InChI=1S/C15H15N/c1-12(2)5-3-6-13-8-9-15-14(11-13)7-4-10-16-15/h4,7-12H,5H2,1-2H3. The van der Waals surface area contributed by atoms with Crippen molar-refractivity contribution in [2.45, 2.75) is 20.3 Å². The zero-order chi connectivity index (χ0) is 11.4. The first-order valence-corrected chi connectivity index (χ1v) is 5.59. The van der Waals surface area contributed by atoms with Crippen molar-refractivity contribution >= 4 is 10.9 Å². The highest BCUT2D eigenvalue weighted by Crippen LogP contribution is 2.12. The third kappa shape index (κ3) is 2.61. The lowest BCUT2D eigenvalue weighted by Crippen LogP contribution is -1.83. The Hall–Kier alpha value is -1.81. The summed E-state index contributed by atoms with van der Waals surface area (Å²) in [5, 5.41) is 1.15. The van der Waals surface area contributed by atoms with E-state index in [-0.39, 0.29) is 0 Å². The van der Waals surface area contributed by atoms with E-state index in [1.165, 1.54) is 0 Å². The Labute approximate surface area is 96.5 Å². The Kier molecular flexibility index (Phi) is 3.22. The molecule has 0 atom stereocenters. The fourth-order valence-electron chi connectivity index (χ4n) is 1.51. The first kappa shape index (κ1) is 10.7. The second-order valence-corrected chi connectivity index (χ2v) is 4.31. The van der Waals surface area contributed by atoms with E-state index in [0.29, 0.717) is 5.92 Å². The summed E-state index contributed by atoms with van der Waals surface area (Å²) in [6.07, 6.45) is 2.76. The van der Waals surface area contributed by atoms with Gasteiger partial charge in [-0.1, -0.05) is 31.8 Å². The summed E-state index contributed by atoms with van der Waals surface area (Å²) in [7, 11) is 0. The molecule has 0 amide bonds. The van der Waals surface area contributed by atoms with Crippen LogP contribution in [0.3, 0.4) is 0 Å². The summed E-state index contributed by atoms with van der Waals surface area (Å²) in [6, 6.07) is 10.2. The zero-order valence-electron chi connectivity index (χ0n) is 9.70. The van der Waals surface area contributed by atoms with Gasteiger partial charge in [0.05, 0.1) is 5.52 Å². The molecule has 80 valence electrons. The highest BCUT2D eigenvalue weighted by Gasteiger charge is 1.94. The van der Waals surface area contributed by atoms with Gasteiger partial charge in [0, 0.05) is 23.6 Å². The lowest BCUT2D eigenvalue weighted by molar-refractivity contribution is 0.676. The van der Waals surface area contributed by atoms with Gasteiger partial charge < -0.3 is 0 Å². The van der Waals surface area contributed by atoms with Crippen LogP contribution in [0.2, 0.25) is 0 Å². The third-order valence-electron chi connectivity index (χ3n) is 2.35. The van der Waals surface area contributed by atoms with E-state index in [9.17, 15) is 0 Å². The number of hydrogen-bond acceptors (Lipinski definition) is 1. The molecule has 0 unspecified atom stereocenters. The van der Waals surface area contributed by atoms with Crippen LogP contribution in [0, 0.1) is 17.8 Å².